The quantitative estimate of drug-likeness (QED) is 0.690. The van der Waals surface area contributed by atoms with Crippen LogP contribution in [0.4, 0.5) is 0 Å². The molecule has 1 aliphatic rings. The molecule has 1 amide bonds. The molecule has 4 rings (SSSR count). The van der Waals surface area contributed by atoms with Gasteiger partial charge in [-0.2, -0.15) is 0 Å². The maximum Gasteiger partial charge on any atom is 0.278 e. The Labute approximate surface area is 168 Å². The van der Waals surface area contributed by atoms with E-state index in [9.17, 15) is 4.79 Å². The number of benzene rings is 1. The van der Waals surface area contributed by atoms with Gasteiger partial charge in [0.15, 0.2) is 6.54 Å². The number of rotatable bonds is 6. The van der Waals surface area contributed by atoms with Gasteiger partial charge < -0.3 is 9.80 Å². The first-order valence-corrected chi connectivity index (χ1v) is 11.4. The number of piperidine rings is 1. The van der Waals surface area contributed by atoms with Crippen molar-refractivity contribution in [3.63, 3.8) is 0 Å². The second kappa shape index (κ2) is 8.50. The fraction of sp³-hybridized carbons (Fsp3) is 0.429. The van der Waals surface area contributed by atoms with Gasteiger partial charge in [0.2, 0.25) is 0 Å². The largest absolute Gasteiger partial charge is 0.333 e. The highest BCUT2D eigenvalue weighted by Gasteiger charge is 2.28. The topological polar surface area (TPSA) is 37.6 Å². The number of para-hydroxylation sites is 1. The molecule has 0 unspecified atom stereocenters. The zero-order valence-electron chi connectivity index (χ0n) is 15.7. The van der Waals surface area contributed by atoms with Crippen LogP contribution in [0.2, 0.25) is 0 Å². The molecule has 3 aromatic rings. The molecule has 4 nitrogen and oxygen atoms in total. The van der Waals surface area contributed by atoms with E-state index in [1.165, 1.54) is 19.5 Å². The molecule has 0 radical (unpaired) electrons. The average Bonchev–Trinajstić information content (AvgIpc) is 3.36. The molecular weight excluding hydrogens is 374 g/mol. The first-order valence-electron chi connectivity index (χ1n) is 9.72. The maximum absolute atomic E-state index is 12.7. The number of likely N-dealkylation sites (tertiary alicyclic amines) is 1. The Balaban J connectivity index is 1.31. The molecule has 0 atom stereocenters. The molecule has 142 valence electrons. The van der Waals surface area contributed by atoms with Crippen molar-refractivity contribution in [3.05, 3.63) is 51.7 Å². The van der Waals surface area contributed by atoms with Crippen LogP contribution in [0, 0.1) is 0 Å². The van der Waals surface area contributed by atoms with Crippen LogP contribution in [0.15, 0.2) is 41.8 Å². The molecule has 1 aromatic carbocycles. The number of carbonyl (C=O) groups is 1. The molecule has 3 heterocycles. The highest BCUT2D eigenvalue weighted by atomic mass is 32.1. The highest BCUT2D eigenvalue weighted by Crippen LogP contribution is 2.31. The molecular formula is C21H26N3OS2+. The average molecular weight is 401 g/mol. The van der Waals surface area contributed by atoms with Gasteiger partial charge in [-0.1, -0.05) is 18.2 Å². The Morgan fingerprint density at radius 1 is 1.22 bits per heavy atom. The summed E-state index contributed by atoms with van der Waals surface area (Å²) in [5.74, 6) is 0.828. The normalized spacial score (nSPS) is 20.0. The number of hydrogen-bond donors (Lipinski definition) is 1. The molecule has 1 aliphatic heterocycles. The number of thiophene rings is 1. The van der Waals surface area contributed by atoms with E-state index in [4.69, 9.17) is 4.98 Å². The minimum absolute atomic E-state index is 0.277. The molecule has 1 N–H and O–H groups in total. The minimum atomic E-state index is 0.277. The van der Waals surface area contributed by atoms with Crippen LogP contribution in [0.3, 0.4) is 0 Å². The van der Waals surface area contributed by atoms with Gasteiger partial charge in [0, 0.05) is 30.2 Å². The van der Waals surface area contributed by atoms with Crippen molar-refractivity contribution < 1.29 is 9.69 Å². The van der Waals surface area contributed by atoms with Crippen molar-refractivity contribution in [2.75, 3.05) is 26.2 Å². The summed E-state index contributed by atoms with van der Waals surface area (Å²) < 4.78 is 1.28. The van der Waals surface area contributed by atoms with Crippen molar-refractivity contribution in [2.45, 2.75) is 32.2 Å². The van der Waals surface area contributed by atoms with Crippen molar-refractivity contribution in [1.82, 2.24) is 9.88 Å². The second-order valence-electron chi connectivity index (χ2n) is 7.21. The smallest absolute Gasteiger partial charge is 0.278 e. The predicted molar refractivity (Wildman–Crippen MR) is 113 cm³/mol. The van der Waals surface area contributed by atoms with Gasteiger partial charge in [-0.25, -0.2) is 4.98 Å². The van der Waals surface area contributed by atoms with Gasteiger partial charge in [-0.05, 0) is 30.5 Å². The standard InChI is InChI=1S/C21H25N3OS2/c1-2-24(14-17-6-5-13-26-17)20(25)15-23-11-9-16(10-12-23)21-22-18-7-3-4-8-19(18)27-21/h3-8,13,16H,2,9-12,14-15H2,1H3/p+1. The second-order valence-corrected chi connectivity index (χ2v) is 9.30. The SMILES string of the molecule is CCN(Cc1cccs1)C(=O)C[NH+]1CCC(c2nc3ccccc3s2)CC1. The number of likely N-dealkylation sites (N-methyl/N-ethyl adjacent to an activating group) is 1. The Hall–Kier alpha value is -1.76. The lowest BCUT2D eigenvalue weighted by Crippen LogP contribution is -3.14. The van der Waals surface area contributed by atoms with Gasteiger partial charge in [-0.3, -0.25) is 4.79 Å². The van der Waals surface area contributed by atoms with E-state index in [0.29, 0.717) is 12.5 Å². The Bertz CT molecular complexity index is 849. The lowest BCUT2D eigenvalue weighted by molar-refractivity contribution is -0.897. The molecule has 1 fully saturated rings. The number of nitrogens with one attached hydrogen (secondary N) is 1. The van der Waals surface area contributed by atoms with E-state index >= 15 is 0 Å². The van der Waals surface area contributed by atoms with Crippen LogP contribution in [-0.4, -0.2) is 42.0 Å². The Morgan fingerprint density at radius 3 is 2.74 bits per heavy atom. The molecule has 27 heavy (non-hydrogen) atoms. The number of aromatic nitrogens is 1. The van der Waals surface area contributed by atoms with Crippen LogP contribution in [-0.2, 0) is 11.3 Å². The van der Waals surface area contributed by atoms with Crippen LogP contribution in [0.25, 0.3) is 10.2 Å². The number of nitrogens with zero attached hydrogens (tertiary/aromatic N) is 2. The number of fused-ring (bicyclic) bond motifs is 1. The fourth-order valence-electron chi connectivity index (χ4n) is 3.81. The Kier molecular flexibility index (Phi) is 5.86. The van der Waals surface area contributed by atoms with Gasteiger partial charge in [0.1, 0.15) is 0 Å². The zero-order chi connectivity index (χ0) is 18.6. The van der Waals surface area contributed by atoms with Crippen molar-refractivity contribution >= 4 is 38.8 Å². The summed E-state index contributed by atoms with van der Waals surface area (Å²) >= 11 is 3.56. The molecule has 0 aliphatic carbocycles. The summed E-state index contributed by atoms with van der Waals surface area (Å²) in [6.45, 7) is 6.32. The fourth-order valence-corrected chi connectivity index (χ4v) is 5.66. The molecule has 1 saturated heterocycles. The van der Waals surface area contributed by atoms with E-state index in [0.717, 1.165) is 44.5 Å². The van der Waals surface area contributed by atoms with Crippen LogP contribution in [0.5, 0.6) is 0 Å². The molecule has 0 saturated carbocycles. The van der Waals surface area contributed by atoms with E-state index in [2.05, 4.69) is 48.7 Å². The maximum atomic E-state index is 12.7. The summed E-state index contributed by atoms with van der Waals surface area (Å²) in [6, 6.07) is 12.6. The third kappa shape index (κ3) is 4.39. The summed E-state index contributed by atoms with van der Waals surface area (Å²) in [5, 5.41) is 3.35. The van der Waals surface area contributed by atoms with E-state index in [-0.39, 0.29) is 5.91 Å². The summed E-state index contributed by atoms with van der Waals surface area (Å²) in [4.78, 5) is 22.2. The van der Waals surface area contributed by atoms with E-state index in [1.54, 1.807) is 11.3 Å². The highest BCUT2D eigenvalue weighted by molar-refractivity contribution is 7.18. The number of carbonyl (C=O) groups excluding carboxylic acids is 1. The van der Waals surface area contributed by atoms with E-state index in [1.807, 2.05) is 16.2 Å². The van der Waals surface area contributed by atoms with Crippen molar-refractivity contribution in [2.24, 2.45) is 0 Å². The van der Waals surface area contributed by atoms with Gasteiger partial charge in [0.25, 0.3) is 5.91 Å². The molecule has 6 heteroatoms. The Morgan fingerprint density at radius 2 is 2.04 bits per heavy atom. The number of quaternary nitrogens is 1. The number of amides is 1. The van der Waals surface area contributed by atoms with Crippen LogP contribution in [0.1, 0.15) is 35.6 Å². The first-order chi connectivity index (χ1) is 13.2. The lowest BCUT2D eigenvalue weighted by atomic mass is 9.97. The predicted octanol–water partition coefficient (Wildman–Crippen LogP) is 3.17. The van der Waals surface area contributed by atoms with Gasteiger partial charge in [-0.15, -0.1) is 22.7 Å². The zero-order valence-corrected chi connectivity index (χ0v) is 17.3. The van der Waals surface area contributed by atoms with Crippen molar-refractivity contribution in [1.29, 1.82) is 0 Å². The first kappa shape index (κ1) is 18.6. The van der Waals surface area contributed by atoms with Crippen molar-refractivity contribution in [3.8, 4) is 0 Å². The monoisotopic (exact) mass is 400 g/mol. The van der Waals surface area contributed by atoms with Crippen LogP contribution >= 0.6 is 22.7 Å². The number of thiazole rings is 1. The van der Waals surface area contributed by atoms with Gasteiger partial charge >= 0.3 is 0 Å². The summed E-state index contributed by atoms with van der Waals surface area (Å²) in [6.07, 6.45) is 2.25. The molecule has 0 spiro atoms. The molecule has 0 bridgehead atoms. The number of hydrogen-bond acceptors (Lipinski definition) is 4. The lowest BCUT2D eigenvalue weighted by Gasteiger charge is -2.29. The minimum Gasteiger partial charge on any atom is -0.333 e. The summed E-state index contributed by atoms with van der Waals surface area (Å²) in [5.41, 5.74) is 1.12. The van der Waals surface area contributed by atoms with Gasteiger partial charge in [0.05, 0.1) is 34.9 Å². The third-order valence-electron chi connectivity index (χ3n) is 5.41. The third-order valence-corrected chi connectivity index (χ3v) is 7.47. The summed E-state index contributed by atoms with van der Waals surface area (Å²) in [7, 11) is 0. The van der Waals surface area contributed by atoms with E-state index < -0.39 is 0 Å². The molecule has 2 aromatic heterocycles. The van der Waals surface area contributed by atoms with Crippen LogP contribution < -0.4 is 4.90 Å².